The summed E-state index contributed by atoms with van der Waals surface area (Å²) >= 11 is 6.41. The lowest BCUT2D eigenvalue weighted by molar-refractivity contribution is 0.580. The number of nitrogens with two attached hydrogens (primary N) is 1. The van der Waals surface area contributed by atoms with Crippen LogP contribution in [-0.4, -0.2) is 18.6 Å². The van der Waals surface area contributed by atoms with Gasteiger partial charge in [-0.25, -0.2) is 13.1 Å². The minimum Gasteiger partial charge on any atom is -0.399 e. The maximum Gasteiger partial charge on any atom is 0.243 e. The number of H-pyrrole nitrogens is 1. The first-order valence-corrected chi connectivity index (χ1v) is 8.19. The SMILES string of the molecule is Nc1cc(Br)c(S(=O)(=O)NCc2cn[nH]c2)c(Br)c1. The molecule has 6 nitrogen and oxygen atoms in total. The summed E-state index contributed by atoms with van der Waals surface area (Å²) in [6.45, 7) is 0.155. The van der Waals surface area contributed by atoms with Gasteiger partial charge in [-0.3, -0.25) is 5.10 Å². The number of benzene rings is 1. The van der Waals surface area contributed by atoms with E-state index in [1.54, 1.807) is 12.4 Å². The Balaban J connectivity index is 2.29. The Hall–Kier alpha value is -0.900. The zero-order valence-electron chi connectivity index (χ0n) is 9.52. The van der Waals surface area contributed by atoms with Gasteiger partial charge in [-0.15, -0.1) is 0 Å². The number of sulfonamides is 1. The Bertz CT molecular complexity index is 663. The monoisotopic (exact) mass is 408 g/mol. The van der Waals surface area contributed by atoms with Crippen molar-refractivity contribution in [2.45, 2.75) is 11.4 Å². The van der Waals surface area contributed by atoms with Crippen molar-refractivity contribution in [1.82, 2.24) is 14.9 Å². The van der Waals surface area contributed by atoms with Crippen molar-refractivity contribution in [2.24, 2.45) is 0 Å². The van der Waals surface area contributed by atoms with Crippen LogP contribution in [-0.2, 0) is 16.6 Å². The van der Waals surface area contributed by atoms with Gasteiger partial charge in [0.15, 0.2) is 0 Å². The largest absolute Gasteiger partial charge is 0.399 e. The summed E-state index contributed by atoms with van der Waals surface area (Å²) in [5.74, 6) is 0. The van der Waals surface area contributed by atoms with E-state index < -0.39 is 10.0 Å². The van der Waals surface area contributed by atoms with E-state index in [1.165, 1.54) is 12.1 Å². The highest BCUT2D eigenvalue weighted by Crippen LogP contribution is 2.32. The highest BCUT2D eigenvalue weighted by molar-refractivity contribution is 9.11. The topological polar surface area (TPSA) is 101 Å². The van der Waals surface area contributed by atoms with Crippen molar-refractivity contribution in [3.8, 4) is 0 Å². The van der Waals surface area contributed by atoms with E-state index in [4.69, 9.17) is 5.73 Å². The van der Waals surface area contributed by atoms with Gasteiger partial charge >= 0.3 is 0 Å². The Morgan fingerprint density at radius 2 is 1.95 bits per heavy atom. The van der Waals surface area contributed by atoms with Crippen LogP contribution in [0.2, 0.25) is 0 Å². The molecule has 4 N–H and O–H groups in total. The van der Waals surface area contributed by atoms with Crippen molar-refractivity contribution in [2.75, 3.05) is 5.73 Å². The summed E-state index contributed by atoms with van der Waals surface area (Å²) in [7, 11) is -3.66. The van der Waals surface area contributed by atoms with Crippen molar-refractivity contribution >= 4 is 47.6 Å². The molecule has 2 rings (SSSR count). The zero-order chi connectivity index (χ0) is 14.0. The minimum absolute atomic E-state index is 0.116. The van der Waals surface area contributed by atoms with Gasteiger partial charge in [-0.05, 0) is 44.0 Å². The van der Waals surface area contributed by atoms with Gasteiger partial charge in [0.25, 0.3) is 0 Å². The molecule has 0 saturated heterocycles. The molecule has 0 amide bonds. The van der Waals surface area contributed by atoms with Crippen LogP contribution in [0.15, 0.2) is 38.4 Å². The number of halogens is 2. The van der Waals surface area contributed by atoms with E-state index in [0.29, 0.717) is 14.6 Å². The van der Waals surface area contributed by atoms with E-state index in [0.717, 1.165) is 5.56 Å². The van der Waals surface area contributed by atoms with Crippen molar-refractivity contribution in [3.63, 3.8) is 0 Å². The third-order valence-electron chi connectivity index (χ3n) is 2.31. The van der Waals surface area contributed by atoms with Gasteiger partial charge < -0.3 is 5.73 Å². The van der Waals surface area contributed by atoms with Crippen LogP contribution >= 0.6 is 31.9 Å². The molecular formula is C10H10Br2N4O2S. The lowest BCUT2D eigenvalue weighted by Gasteiger charge is -2.10. The second-order valence-corrected chi connectivity index (χ2v) is 7.16. The van der Waals surface area contributed by atoms with Gasteiger partial charge in [0.1, 0.15) is 4.90 Å². The summed E-state index contributed by atoms with van der Waals surface area (Å²) in [4.78, 5) is 0.116. The van der Waals surface area contributed by atoms with Gasteiger partial charge in [0.05, 0.1) is 6.20 Å². The molecule has 1 aromatic carbocycles. The first-order valence-electron chi connectivity index (χ1n) is 5.12. The molecule has 102 valence electrons. The van der Waals surface area contributed by atoms with Crippen LogP contribution in [0, 0.1) is 0 Å². The molecule has 0 saturated carbocycles. The van der Waals surface area contributed by atoms with Gasteiger partial charge in [-0.1, -0.05) is 0 Å². The maximum atomic E-state index is 12.2. The van der Waals surface area contributed by atoms with E-state index >= 15 is 0 Å². The van der Waals surface area contributed by atoms with Crippen LogP contribution < -0.4 is 10.5 Å². The standard InChI is InChI=1S/C10H10Br2N4O2S/c11-8-1-7(13)2-9(12)10(8)19(17,18)16-5-6-3-14-15-4-6/h1-4,16H,5,13H2,(H,14,15). The number of aromatic nitrogens is 2. The molecule has 0 aliphatic heterocycles. The quantitative estimate of drug-likeness (QED) is 0.672. The maximum absolute atomic E-state index is 12.2. The lowest BCUT2D eigenvalue weighted by atomic mass is 10.3. The molecule has 0 spiro atoms. The second-order valence-electron chi connectivity index (χ2n) is 3.74. The fourth-order valence-electron chi connectivity index (χ4n) is 1.46. The van der Waals surface area contributed by atoms with E-state index in [9.17, 15) is 8.42 Å². The molecule has 0 bridgehead atoms. The molecule has 1 aromatic heterocycles. The summed E-state index contributed by atoms with van der Waals surface area (Å²) in [6.07, 6.45) is 3.17. The summed E-state index contributed by atoms with van der Waals surface area (Å²) in [5, 5.41) is 6.36. The number of nitrogen functional groups attached to an aromatic ring is 1. The molecular weight excluding hydrogens is 400 g/mol. The molecule has 0 fully saturated rings. The molecule has 1 heterocycles. The highest BCUT2D eigenvalue weighted by atomic mass is 79.9. The average Bonchev–Trinajstić information content (AvgIpc) is 2.77. The van der Waals surface area contributed by atoms with Gasteiger partial charge in [0, 0.05) is 32.9 Å². The third-order valence-corrected chi connectivity index (χ3v) is 5.59. The molecule has 0 unspecified atom stereocenters. The molecule has 0 atom stereocenters. The van der Waals surface area contributed by atoms with Crippen molar-refractivity contribution in [1.29, 1.82) is 0 Å². The number of aromatic amines is 1. The van der Waals surface area contributed by atoms with Crippen LogP contribution in [0.5, 0.6) is 0 Å². The zero-order valence-corrected chi connectivity index (χ0v) is 13.5. The predicted molar refractivity (Wildman–Crippen MR) is 78.9 cm³/mol. The molecule has 0 aliphatic carbocycles. The van der Waals surface area contributed by atoms with Gasteiger partial charge in [-0.2, -0.15) is 5.10 Å². The molecule has 19 heavy (non-hydrogen) atoms. The van der Waals surface area contributed by atoms with E-state index in [1.807, 2.05) is 0 Å². The highest BCUT2D eigenvalue weighted by Gasteiger charge is 2.21. The van der Waals surface area contributed by atoms with E-state index in [-0.39, 0.29) is 11.4 Å². The number of rotatable bonds is 4. The minimum atomic E-state index is -3.66. The summed E-state index contributed by atoms with van der Waals surface area (Å²) < 4.78 is 27.8. The average molecular weight is 410 g/mol. The first kappa shape index (κ1) is 14.5. The number of nitrogens with zero attached hydrogens (tertiary/aromatic N) is 1. The predicted octanol–water partition coefficient (Wildman–Crippen LogP) is 2.00. The molecule has 9 heteroatoms. The van der Waals surface area contributed by atoms with Crippen molar-refractivity contribution < 1.29 is 8.42 Å². The van der Waals surface area contributed by atoms with Crippen LogP contribution in [0.25, 0.3) is 0 Å². The van der Waals surface area contributed by atoms with Crippen molar-refractivity contribution in [3.05, 3.63) is 39.0 Å². The summed E-state index contributed by atoms with van der Waals surface area (Å²) in [5.41, 5.74) is 6.84. The third kappa shape index (κ3) is 3.35. The molecule has 0 aliphatic rings. The Kier molecular flexibility index (Phi) is 4.29. The van der Waals surface area contributed by atoms with Crippen LogP contribution in [0.4, 0.5) is 5.69 Å². The fraction of sp³-hybridized carbons (Fsp3) is 0.100. The fourth-order valence-corrected chi connectivity index (χ4v) is 5.09. The van der Waals surface area contributed by atoms with Crippen LogP contribution in [0.3, 0.4) is 0 Å². The number of anilines is 1. The summed E-state index contributed by atoms with van der Waals surface area (Å²) in [6, 6.07) is 3.08. The van der Waals surface area contributed by atoms with E-state index in [2.05, 4.69) is 46.8 Å². The molecule has 2 aromatic rings. The lowest BCUT2D eigenvalue weighted by Crippen LogP contribution is -2.24. The Morgan fingerprint density at radius 3 is 2.47 bits per heavy atom. The van der Waals surface area contributed by atoms with Gasteiger partial charge in [0.2, 0.25) is 10.0 Å². The number of hydrogen-bond donors (Lipinski definition) is 3. The normalized spacial score (nSPS) is 11.7. The Labute approximate surface area is 127 Å². The molecule has 0 radical (unpaired) electrons. The smallest absolute Gasteiger partial charge is 0.243 e. The Morgan fingerprint density at radius 1 is 1.32 bits per heavy atom. The second kappa shape index (κ2) is 5.61. The van der Waals surface area contributed by atoms with Crippen LogP contribution in [0.1, 0.15) is 5.56 Å². The first-order chi connectivity index (χ1) is 8.90. The number of nitrogens with one attached hydrogen (secondary N) is 2. The number of hydrogen-bond acceptors (Lipinski definition) is 4.